The van der Waals surface area contributed by atoms with Gasteiger partial charge in [0.2, 0.25) is 5.91 Å². The molecule has 0 heterocycles. The van der Waals surface area contributed by atoms with E-state index in [0.29, 0.717) is 12.0 Å². The predicted molar refractivity (Wildman–Crippen MR) is 128 cm³/mol. The molecule has 0 radical (unpaired) electrons. The second kappa shape index (κ2) is 18.3. The molecule has 6 nitrogen and oxygen atoms in total. The average Bonchev–Trinajstić information content (AvgIpc) is 2.76. The molecule has 1 N–H and O–H groups in total. The zero-order chi connectivity index (χ0) is 22.6. The molecule has 1 aromatic rings. The third kappa shape index (κ3) is 15.0. The van der Waals surface area contributed by atoms with Gasteiger partial charge < -0.3 is 0 Å². The molecule has 1 rings (SSSR count). The van der Waals surface area contributed by atoms with Gasteiger partial charge in [-0.2, -0.15) is 5.10 Å². The summed E-state index contributed by atoms with van der Waals surface area (Å²) in [6.07, 6.45) is 22.5. The van der Waals surface area contributed by atoms with Crippen LogP contribution >= 0.6 is 0 Å². The van der Waals surface area contributed by atoms with E-state index in [0.717, 1.165) is 25.7 Å². The number of hydrazone groups is 1. The van der Waals surface area contributed by atoms with Gasteiger partial charge in [0, 0.05) is 24.1 Å². The number of amides is 1. The lowest BCUT2D eigenvalue weighted by atomic mass is 10.1. The van der Waals surface area contributed by atoms with Crippen molar-refractivity contribution in [3.8, 4) is 0 Å². The molecule has 1 aromatic carbocycles. The summed E-state index contributed by atoms with van der Waals surface area (Å²) in [6, 6.07) is 6.13. The summed E-state index contributed by atoms with van der Waals surface area (Å²) < 4.78 is 0. The van der Waals surface area contributed by atoms with Crippen molar-refractivity contribution in [2.24, 2.45) is 5.10 Å². The van der Waals surface area contributed by atoms with E-state index in [-0.39, 0.29) is 11.6 Å². The largest absolute Gasteiger partial charge is 0.273 e. The fourth-order valence-corrected chi connectivity index (χ4v) is 3.31. The monoisotopic (exact) mass is 429 g/mol. The van der Waals surface area contributed by atoms with Gasteiger partial charge in [0.1, 0.15) is 0 Å². The molecule has 0 fully saturated rings. The number of unbranched alkanes of at least 4 members (excludes halogenated alkanes) is 11. The van der Waals surface area contributed by atoms with Crippen molar-refractivity contribution in [3.63, 3.8) is 0 Å². The SMILES string of the molecule is CCCCCCCC/C=C/CCCCCCCC(=O)N/N=C/c1cccc([N+](=O)[O-])c1. The third-order valence-corrected chi connectivity index (χ3v) is 5.15. The molecule has 31 heavy (non-hydrogen) atoms. The molecule has 0 aliphatic heterocycles. The lowest BCUT2D eigenvalue weighted by Gasteiger charge is -2.01. The van der Waals surface area contributed by atoms with Crippen molar-refractivity contribution in [1.82, 2.24) is 5.43 Å². The van der Waals surface area contributed by atoms with Crippen LogP contribution in [0.3, 0.4) is 0 Å². The molecule has 0 bridgehead atoms. The first-order chi connectivity index (χ1) is 15.1. The highest BCUT2D eigenvalue weighted by Gasteiger charge is 2.04. The van der Waals surface area contributed by atoms with Crippen molar-refractivity contribution in [1.29, 1.82) is 0 Å². The first-order valence-corrected chi connectivity index (χ1v) is 11.8. The Hall–Kier alpha value is -2.50. The smallest absolute Gasteiger partial charge is 0.270 e. The number of hydrogen-bond acceptors (Lipinski definition) is 4. The highest BCUT2D eigenvalue weighted by atomic mass is 16.6. The molecular weight excluding hydrogens is 390 g/mol. The van der Waals surface area contributed by atoms with E-state index >= 15 is 0 Å². The van der Waals surface area contributed by atoms with E-state index in [1.807, 2.05) is 0 Å². The topological polar surface area (TPSA) is 84.6 Å². The Kier molecular flexibility index (Phi) is 15.7. The van der Waals surface area contributed by atoms with Gasteiger partial charge in [-0.1, -0.05) is 82.6 Å². The Morgan fingerprint density at radius 1 is 0.968 bits per heavy atom. The Morgan fingerprint density at radius 3 is 2.23 bits per heavy atom. The number of nitro groups is 1. The van der Waals surface area contributed by atoms with Crippen molar-refractivity contribution >= 4 is 17.8 Å². The number of rotatable bonds is 18. The fourth-order valence-electron chi connectivity index (χ4n) is 3.31. The number of nitro benzene ring substituents is 1. The molecule has 0 saturated heterocycles. The molecule has 0 aliphatic carbocycles. The Morgan fingerprint density at radius 2 is 1.58 bits per heavy atom. The first kappa shape index (κ1) is 26.5. The predicted octanol–water partition coefficient (Wildman–Crippen LogP) is 7.08. The molecule has 0 aromatic heterocycles. The maximum atomic E-state index is 11.8. The van der Waals surface area contributed by atoms with Gasteiger partial charge in [-0.05, 0) is 32.1 Å². The van der Waals surface area contributed by atoms with Crippen LogP contribution in [0.2, 0.25) is 0 Å². The summed E-state index contributed by atoms with van der Waals surface area (Å²) in [5.41, 5.74) is 3.06. The minimum atomic E-state index is -0.456. The molecule has 0 unspecified atom stereocenters. The molecule has 0 atom stereocenters. The molecular formula is C25H39N3O3. The van der Waals surface area contributed by atoms with Gasteiger partial charge in [-0.25, -0.2) is 5.43 Å². The highest BCUT2D eigenvalue weighted by Crippen LogP contribution is 2.12. The van der Waals surface area contributed by atoms with E-state index in [4.69, 9.17) is 0 Å². The van der Waals surface area contributed by atoms with Crippen LogP contribution in [0.5, 0.6) is 0 Å². The summed E-state index contributed by atoms with van der Waals surface area (Å²) in [4.78, 5) is 22.1. The van der Waals surface area contributed by atoms with Crippen LogP contribution in [-0.4, -0.2) is 17.0 Å². The second-order valence-electron chi connectivity index (χ2n) is 7.98. The molecule has 1 amide bonds. The minimum absolute atomic E-state index is 0.00331. The Balaban J connectivity index is 1.96. The lowest BCUT2D eigenvalue weighted by Crippen LogP contribution is -2.16. The Labute approximate surface area is 187 Å². The molecule has 0 aliphatic rings. The summed E-state index contributed by atoms with van der Waals surface area (Å²) in [6.45, 7) is 2.25. The summed E-state index contributed by atoms with van der Waals surface area (Å²) in [5.74, 6) is -0.126. The normalized spacial score (nSPS) is 11.4. The fraction of sp³-hybridized carbons (Fsp3) is 0.600. The summed E-state index contributed by atoms with van der Waals surface area (Å²) >= 11 is 0. The van der Waals surface area contributed by atoms with E-state index in [1.54, 1.807) is 12.1 Å². The Bertz CT molecular complexity index is 686. The first-order valence-electron chi connectivity index (χ1n) is 11.8. The van der Waals surface area contributed by atoms with Crippen LogP contribution < -0.4 is 5.43 Å². The third-order valence-electron chi connectivity index (χ3n) is 5.15. The van der Waals surface area contributed by atoms with E-state index in [1.165, 1.54) is 76.1 Å². The molecule has 0 saturated carbocycles. The number of allylic oxidation sites excluding steroid dienone is 2. The maximum Gasteiger partial charge on any atom is 0.270 e. The van der Waals surface area contributed by atoms with Gasteiger partial charge in [0.05, 0.1) is 11.1 Å². The van der Waals surface area contributed by atoms with Crippen molar-refractivity contribution < 1.29 is 9.72 Å². The maximum absolute atomic E-state index is 11.8. The number of carbonyl (C=O) groups excluding carboxylic acids is 1. The van der Waals surface area contributed by atoms with Crippen LogP contribution in [0.4, 0.5) is 5.69 Å². The van der Waals surface area contributed by atoms with Crippen molar-refractivity contribution in [2.45, 2.75) is 96.8 Å². The van der Waals surface area contributed by atoms with E-state index in [2.05, 4.69) is 29.6 Å². The van der Waals surface area contributed by atoms with E-state index < -0.39 is 4.92 Å². The summed E-state index contributed by atoms with van der Waals surface area (Å²) in [5, 5.41) is 14.6. The van der Waals surface area contributed by atoms with Gasteiger partial charge in [0.25, 0.3) is 5.69 Å². The van der Waals surface area contributed by atoms with Gasteiger partial charge >= 0.3 is 0 Å². The lowest BCUT2D eigenvalue weighted by molar-refractivity contribution is -0.384. The zero-order valence-corrected chi connectivity index (χ0v) is 19.1. The van der Waals surface area contributed by atoms with Crippen molar-refractivity contribution in [3.05, 3.63) is 52.1 Å². The number of nitrogens with zero attached hydrogens (tertiary/aromatic N) is 2. The highest BCUT2D eigenvalue weighted by molar-refractivity contribution is 5.83. The molecule has 6 heteroatoms. The van der Waals surface area contributed by atoms with E-state index in [9.17, 15) is 14.9 Å². The van der Waals surface area contributed by atoms with Gasteiger partial charge in [-0.15, -0.1) is 0 Å². The number of benzene rings is 1. The van der Waals surface area contributed by atoms with Crippen LogP contribution in [0, 0.1) is 10.1 Å². The number of carbonyl (C=O) groups is 1. The van der Waals surface area contributed by atoms with Crippen LogP contribution in [0.25, 0.3) is 0 Å². The summed E-state index contributed by atoms with van der Waals surface area (Å²) in [7, 11) is 0. The van der Waals surface area contributed by atoms with Crippen LogP contribution in [0.15, 0.2) is 41.5 Å². The number of hydrogen-bond donors (Lipinski definition) is 1. The van der Waals surface area contributed by atoms with Crippen molar-refractivity contribution in [2.75, 3.05) is 0 Å². The van der Waals surface area contributed by atoms with Crippen LogP contribution in [0.1, 0.15) is 102 Å². The standard InChI is InChI=1S/C25H39N3O3/c1-2-3-4-5-6-7-8-9-10-11-12-13-14-15-16-20-25(29)27-26-22-23-18-17-19-24(21-23)28(30)31/h9-10,17-19,21-22H,2-8,11-16,20H2,1H3,(H,27,29)/b10-9+,26-22+. The zero-order valence-electron chi connectivity index (χ0n) is 19.1. The number of non-ortho nitro benzene ring substituents is 1. The second-order valence-corrected chi connectivity index (χ2v) is 7.98. The van der Waals surface area contributed by atoms with Gasteiger partial charge in [0.15, 0.2) is 0 Å². The molecule has 172 valence electrons. The molecule has 0 spiro atoms. The van der Waals surface area contributed by atoms with Crippen LogP contribution in [-0.2, 0) is 4.79 Å². The average molecular weight is 430 g/mol. The van der Waals surface area contributed by atoms with Gasteiger partial charge in [-0.3, -0.25) is 14.9 Å². The number of nitrogens with one attached hydrogen (secondary N) is 1. The quantitative estimate of drug-likeness (QED) is 0.0889. The minimum Gasteiger partial charge on any atom is -0.273 e.